The number of nitrogens with one attached hydrogen (secondary N) is 1. The molecule has 1 aliphatic rings. The van der Waals surface area contributed by atoms with Crippen LogP contribution in [0.1, 0.15) is 26.2 Å². The summed E-state index contributed by atoms with van der Waals surface area (Å²) in [5, 5.41) is 3.51. The molecular weight excluding hydrogens is 167 g/mol. The van der Waals surface area contributed by atoms with Crippen LogP contribution in [0, 0.1) is 0 Å². The van der Waals surface area contributed by atoms with Crippen LogP contribution in [0.3, 0.4) is 0 Å². The first-order chi connectivity index (χ1) is 6.36. The lowest BCUT2D eigenvalue weighted by Gasteiger charge is -2.22. The highest BCUT2D eigenvalue weighted by atomic mass is 19.1. The SMILES string of the molecule is CCCC1CN(CCF)CCCN1. The fourth-order valence-electron chi connectivity index (χ4n) is 1.94. The molecule has 1 aliphatic heterocycles. The zero-order valence-electron chi connectivity index (χ0n) is 8.56. The van der Waals surface area contributed by atoms with E-state index in [1.54, 1.807) is 0 Å². The Kier molecular flexibility index (Phi) is 5.32. The van der Waals surface area contributed by atoms with Crippen LogP contribution in [-0.4, -0.2) is 43.8 Å². The van der Waals surface area contributed by atoms with Crippen molar-refractivity contribution in [2.75, 3.05) is 32.9 Å². The Bertz CT molecular complexity index is 116. The van der Waals surface area contributed by atoms with Crippen LogP contribution in [0.15, 0.2) is 0 Å². The minimum atomic E-state index is -0.209. The maximum absolute atomic E-state index is 12.2. The lowest BCUT2D eigenvalue weighted by atomic mass is 10.1. The van der Waals surface area contributed by atoms with Crippen molar-refractivity contribution in [3.63, 3.8) is 0 Å². The van der Waals surface area contributed by atoms with E-state index >= 15 is 0 Å². The first-order valence-corrected chi connectivity index (χ1v) is 5.38. The van der Waals surface area contributed by atoms with Gasteiger partial charge < -0.3 is 5.32 Å². The molecule has 1 N–H and O–H groups in total. The van der Waals surface area contributed by atoms with Crippen molar-refractivity contribution >= 4 is 0 Å². The van der Waals surface area contributed by atoms with Gasteiger partial charge in [-0.2, -0.15) is 0 Å². The van der Waals surface area contributed by atoms with Gasteiger partial charge in [-0.1, -0.05) is 13.3 Å². The van der Waals surface area contributed by atoms with Crippen LogP contribution >= 0.6 is 0 Å². The normalized spacial score (nSPS) is 25.8. The second-order valence-electron chi connectivity index (χ2n) is 3.78. The van der Waals surface area contributed by atoms with Gasteiger partial charge in [-0.25, -0.2) is 4.39 Å². The van der Waals surface area contributed by atoms with Crippen LogP contribution in [0.2, 0.25) is 0 Å². The Morgan fingerprint density at radius 1 is 1.54 bits per heavy atom. The predicted octanol–water partition coefficient (Wildman–Crippen LogP) is 1.42. The van der Waals surface area contributed by atoms with Crippen molar-refractivity contribution in [3.05, 3.63) is 0 Å². The summed E-state index contributed by atoms with van der Waals surface area (Å²) < 4.78 is 12.2. The Labute approximate surface area is 80.5 Å². The predicted molar refractivity (Wildman–Crippen MR) is 53.7 cm³/mol. The molecule has 0 aliphatic carbocycles. The number of alkyl halides is 1. The summed E-state index contributed by atoms with van der Waals surface area (Å²) in [6.45, 7) is 5.77. The van der Waals surface area contributed by atoms with Gasteiger partial charge in [0.1, 0.15) is 6.67 Å². The second-order valence-corrected chi connectivity index (χ2v) is 3.78. The summed E-state index contributed by atoms with van der Waals surface area (Å²) in [7, 11) is 0. The molecule has 0 aromatic heterocycles. The number of rotatable bonds is 4. The zero-order valence-corrected chi connectivity index (χ0v) is 8.56. The van der Waals surface area contributed by atoms with E-state index < -0.39 is 0 Å². The van der Waals surface area contributed by atoms with Gasteiger partial charge in [0.15, 0.2) is 0 Å². The van der Waals surface area contributed by atoms with Crippen molar-refractivity contribution in [3.8, 4) is 0 Å². The maximum Gasteiger partial charge on any atom is 0.102 e. The molecule has 0 aromatic rings. The van der Waals surface area contributed by atoms with E-state index in [-0.39, 0.29) is 6.67 Å². The molecule has 0 amide bonds. The summed E-state index contributed by atoms with van der Waals surface area (Å²) >= 11 is 0. The molecule has 1 fully saturated rings. The molecule has 13 heavy (non-hydrogen) atoms. The Morgan fingerprint density at radius 3 is 3.08 bits per heavy atom. The van der Waals surface area contributed by atoms with Crippen molar-refractivity contribution in [1.82, 2.24) is 10.2 Å². The number of hydrogen-bond donors (Lipinski definition) is 1. The standard InChI is InChI=1S/C10H21FN2/c1-2-4-10-9-13(8-5-11)7-3-6-12-10/h10,12H,2-9H2,1H3. The molecule has 3 heteroatoms. The van der Waals surface area contributed by atoms with Crippen LogP contribution in [0.4, 0.5) is 4.39 Å². The molecule has 1 heterocycles. The molecule has 1 rings (SSSR count). The fourth-order valence-corrected chi connectivity index (χ4v) is 1.94. The molecule has 0 radical (unpaired) electrons. The number of halogens is 1. The highest BCUT2D eigenvalue weighted by Crippen LogP contribution is 2.05. The van der Waals surface area contributed by atoms with Gasteiger partial charge in [-0.15, -0.1) is 0 Å². The topological polar surface area (TPSA) is 15.3 Å². The van der Waals surface area contributed by atoms with Gasteiger partial charge in [0.05, 0.1) is 0 Å². The molecule has 1 atom stereocenters. The van der Waals surface area contributed by atoms with Crippen molar-refractivity contribution in [2.24, 2.45) is 0 Å². The van der Waals surface area contributed by atoms with E-state index in [1.807, 2.05) is 0 Å². The average Bonchev–Trinajstić information content (AvgIpc) is 2.32. The van der Waals surface area contributed by atoms with E-state index in [0.717, 1.165) is 26.1 Å². The molecule has 0 bridgehead atoms. The third-order valence-electron chi connectivity index (χ3n) is 2.60. The molecular formula is C10H21FN2. The molecule has 78 valence electrons. The van der Waals surface area contributed by atoms with Crippen LogP contribution in [-0.2, 0) is 0 Å². The number of hydrogen-bond acceptors (Lipinski definition) is 2. The summed E-state index contributed by atoms with van der Waals surface area (Å²) in [5.41, 5.74) is 0. The molecule has 2 nitrogen and oxygen atoms in total. The van der Waals surface area contributed by atoms with Crippen LogP contribution in [0.25, 0.3) is 0 Å². The Balaban J connectivity index is 2.30. The van der Waals surface area contributed by atoms with Gasteiger partial charge in [-0.05, 0) is 25.9 Å². The molecule has 0 saturated carbocycles. The molecule has 1 unspecified atom stereocenters. The van der Waals surface area contributed by atoms with E-state index in [9.17, 15) is 4.39 Å². The van der Waals surface area contributed by atoms with Crippen molar-refractivity contribution < 1.29 is 4.39 Å². The van der Waals surface area contributed by atoms with Gasteiger partial charge in [0, 0.05) is 19.1 Å². The largest absolute Gasteiger partial charge is 0.313 e. The van der Waals surface area contributed by atoms with Gasteiger partial charge in [0.2, 0.25) is 0 Å². The second kappa shape index (κ2) is 6.33. The lowest BCUT2D eigenvalue weighted by Crippen LogP contribution is -2.38. The van der Waals surface area contributed by atoms with Gasteiger partial charge >= 0.3 is 0 Å². The van der Waals surface area contributed by atoms with E-state index in [0.29, 0.717) is 12.6 Å². The minimum Gasteiger partial charge on any atom is -0.313 e. The molecule has 0 spiro atoms. The maximum atomic E-state index is 12.2. The summed E-state index contributed by atoms with van der Waals surface area (Å²) in [5.74, 6) is 0. The van der Waals surface area contributed by atoms with Gasteiger partial charge in [0.25, 0.3) is 0 Å². The Hall–Kier alpha value is -0.150. The third-order valence-corrected chi connectivity index (χ3v) is 2.60. The minimum absolute atomic E-state index is 0.209. The van der Waals surface area contributed by atoms with Crippen molar-refractivity contribution in [1.29, 1.82) is 0 Å². The zero-order chi connectivity index (χ0) is 9.52. The molecule has 0 aromatic carbocycles. The molecule has 1 saturated heterocycles. The summed E-state index contributed by atoms with van der Waals surface area (Å²) in [4.78, 5) is 2.24. The summed E-state index contributed by atoms with van der Waals surface area (Å²) in [6, 6.07) is 0.582. The summed E-state index contributed by atoms with van der Waals surface area (Å²) in [6.07, 6.45) is 3.57. The third kappa shape index (κ3) is 4.05. The van der Waals surface area contributed by atoms with Crippen molar-refractivity contribution in [2.45, 2.75) is 32.2 Å². The highest BCUT2D eigenvalue weighted by molar-refractivity contribution is 4.75. The van der Waals surface area contributed by atoms with Gasteiger partial charge in [-0.3, -0.25) is 4.90 Å². The lowest BCUT2D eigenvalue weighted by molar-refractivity contribution is 0.240. The first-order valence-electron chi connectivity index (χ1n) is 5.38. The highest BCUT2D eigenvalue weighted by Gasteiger charge is 2.15. The smallest absolute Gasteiger partial charge is 0.102 e. The van der Waals surface area contributed by atoms with E-state index in [4.69, 9.17) is 0 Å². The van der Waals surface area contributed by atoms with E-state index in [1.165, 1.54) is 12.8 Å². The van der Waals surface area contributed by atoms with E-state index in [2.05, 4.69) is 17.1 Å². The van der Waals surface area contributed by atoms with Crippen LogP contribution in [0.5, 0.6) is 0 Å². The quantitative estimate of drug-likeness (QED) is 0.718. The fraction of sp³-hybridized carbons (Fsp3) is 1.00. The average molecular weight is 188 g/mol. The first kappa shape index (κ1) is 10.9. The monoisotopic (exact) mass is 188 g/mol. The van der Waals surface area contributed by atoms with Crippen LogP contribution < -0.4 is 5.32 Å². The Morgan fingerprint density at radius 2 is 2.38 bits per heavy atom. The number of nitrogens with zero attached hydrogens (tertiary/aromatic N) is 1.